The molecule has 0 spiro atoms. The quantitative estimate of drug-likeness (QED) is 0.233. The summed E-state index contributed by atoms with van der Waals surface area (Å²) in [6.07, 6.45) is 6.40. The van der Waals surface area contributed by atoms with Gasteiger partial charge in [0, 0.05) is 26.2 Å². The average Bonchev–Trinajstić information content (AvgIpc) is 3.13. The Morgan fingerprint density at radius 1 is 1.25 bits per heavy atom. The molecule has 0 saturated carbocycles. The van der Waals surface area contributed by atoms with Crippen LogP contribution in [0.25, 0.3) is 0 Å². The van der Waals surface area contributed by atoms with Crippen LogP contribution in [0.4, 0.5) is 11.5 Å². The van der Waals surface area contributed by atoms with Gasteiger partial charge in [0.2, 0.25) is 11.7 Å². The van der Waals surface area contributed by atoms with E-state index in [1.807, 2.05) is 0 Å². The number of esters is 1. The number of aromatic nitrogens is 4. The van der Waals surface area contributed by atoms with Crippen LogP contribution >= 0.6 is 0 Å². The maximum atomic E-state index is 12.0. The summed E-state index contributed by atoms with van der Waals surface area (Å²) in [6.45, 7) is 5.15. The highest BCUT2D eigenvalue weighted by Gasteiger charge is 2.33. The van der Waals surface area contributed by atoms with Crippen molar-refractivity contribution in [2.75, 3.05) is 24.6 Å². The largest absolute Gasteiger partial charge is 0.466 e. The molecule has 32 heavy (non-hydrogen) atoms. The van der Waals surface area contributed by atoms with Gasteiger partial charge < -0.3 is 14.4 Å². The standard InChI is InChI=1S/C21H30N6O5/c1-4-6-7-8-16-13-17(25(3)24-16)32-20-18(27(29)30)19(22-14-23-20)26-11-9-15(10-12-26)21(28)31-5-2/h13-15H,4-12H2,1-3H3. The summed E-state index contributed by atoms with van der Waals surface area (Å²) in [7, 11) is 1.73. The monoisotopic (exact) mass is 446 g/mol. The number of nitro groups is 1. The maximum absolute atomic E-state index is 12.0. The van der Waals surface area contributed by atoms with Crippen LogP contribution in [-0.4, -0.2) is 50.3 Å². The molecule has 2 aromatic rings. The molecule has 0 atom stereocenters. The van der Waals surface area contributed by atoms with E-state index < -0.39 is 4.92 Å². The van der Waals surface area contributed by atoms with Crippen molar-refractivity contribution >= 4 is 17.5 Å². The van der Waals surface area contributed by atoms with E-state index >= 15 is 0 Å². The molecule has 11 heteroatoms. The summed E-state index contributed by atoms with van der Waals surface area (Å²) < 4.78 is 12.5. The maximum Gasteiger partial charge on any atom is 0.373 e. The van der Waals surface area contributed by atoms with E-state index in [4.69, 9.17) is 9.47 Å². The average molecular weight is 447 g/mol. The SMILES string of the molecule is CCCCCc1cc(Oc2ncnc(N3CCC(C(=O)OCC)CC3)c2[N+](=O)[O-])n(C)n1. The van der Waals surface area contributed by atoms with Crippen LogP contribution < -0.4 is 9.64 Å². The van der Waals surface area contributed by atoms with Gasteiger partial charge in [0.1, 0.15) is 6.33 Å². The molecule has 3 rings (SSSR count). The summed E-state index contributed by atoms with van der Waals surface area (Å²) in [5.41, 5.74) is 0.574. The first-order valence-corrected chi connectivity index (χ1v) is 11.1. The predicted octanol–water partition coefficient (Wildman–Crippen LogP) is 3.42. The fourth-order valence-electron chi connectivity index (χ4n) is 3.79. The molecule has 0 bridgehead atoms. The van der Waals surface area contributed by atoms with Gasteiger partial charge in [-0.25, -0.2) is 9.67 Å². The second-order valence-corrected chi connectivity index (χ2v) is 7.78. The van der Waals surface area contributed by atoms with Gasteiger partial charge >= 0.3 is 17.5 Å². The molecule has 11 nitrogen and oxygen atoms in total. The molecule has 174 valence electrons. The van der Waals surface area contributed by atoms with E-state index in [0.717, 1.165) is 31.4 Å². The molecular weight excluding hydrogens is 416 g/mol. The number of unbranched alkanes of at least 4 members (excludes halogenated alkanes) is 2. The van der Waals surface area contributed by atoms with Crippen molar-refractivity contribution < 1.29 is 19.2 Å². The fourth-order valence-corrected chi connectivity index (χ4v) is 3.79. The van der Waals surface area contributed by atoms with Crippen LogP contribution in [0.1, 0.15) is 51.6 Å². The predicted molar refractivity (Wildman–Crippen MR) is 117 cm³/mol. The normalized spacial score (nSPS) is 14.4. The smallest absolute Gasteiger partial charge is 0.373 e. The van der Waals surface area contributed by atoms with E-state index in [2.05, 4.69) is 22.0 Å². The number of carbonyl (C=O) groups excluding carboxylic acids is 1. The van der Waals surface area contributed by atoms with Crippen LogP contribution in [-0.2, 0) is 23.0 Å². The Bertz CT molecular complexity index is 939. The number of ether oxygens (including phenoxy) is 2. The van der Waals surface area contributed by atoms with Gasteiger partial charge in [0.25, 0.3) is 0 Å². The summed E-state index contributed by atoms with van der Waals surface area (Å²) in [5.74, 6) is 0.0104. The second-order valence-electron chi connectivity index (χ2n) is 7.78. The molecule has 1 aliphatic heterocycles. The topological polar surface area (TPSA) is 126 Å². The number of hydrogen-bond donors (Lipinski definition) is 0. The van der Waals surface area contributed by atoms with Gasteiger partial charge in [0.15, 0.2) is 0 Å². The molecular formula is C21H30N6O5. The molecule has 1 fully saturated rings. The van der Waals surface area contributed by atoms with Gasteiger partial charge in [-0.1, -0.05) is 19.8 Å². The molecule has 0 aromatic carbocycles. The summed E-state index contributed by atoms with van der Waals surface area (Å²) in [4.78, 5) is 33.4. The van der Waals surface area contributed by atoms with Gasteiger partial charge in [-0.15, -0.1) is 0 Å². The molecule has 0 aliphatic carbocycles. The van der Waals surface area contributed by atoms with Gasteiger partial charge in [0.05, 0.1) is 23.1 Å². The third kappa shape index (κ3) is 5.51. The summed E-state index contributed by atoms with van der Waals surface area (Å²) in [6, 6.07) is 1.78. The first kappa shape index (κ1) is 23.4. The lowest BCUT2D eigenvalue weighted by molar-refractivity contribution is -0.385. The number of carbonyl (C=O) groups is 1. The van der Waals surface area contributed by atoms with Crippen molar-refractivity contribution in [2.45, 2.75) is 52.4 Å². The lowest BCUT2D eigenvalue weighted by Gasteiger charge is -2.31. The zero-order valence-electron chi connectivity index (χ0n) is 18.8. The number of anilines is 1. The van der Waals surface area contributed by atoms with Crippen LogP contribution in [0.5, 0.6) is 11.8 Å². The molecule has 1 aliphatic rings. The molecule has 3 heterocycles. The zero-order chi connectivity index (χ0) is 23.1. The van der Waals surface area contributed by atoms with Crippen molar-refractivity contribution in [1.82, 2.24) is 19.7 Å². The Morgan fingerprint density at radius 3 is 2.66 bits per heavy atom. The third-order valence-corrected chi connectivity index (χ3v) is 5.49. The summed E-state index contributed by atoms with van der Waals surface area (Å²) in [5, 5.41) is 16.3. The van der Waals surface area contributed by atoms with Crippen LogP contribution in [0.15, 0.2) is 12.4 Å². The van der Waals surface area contributed by atoms with Crippen molar-refractivity contribution in [3.05, 3.63) is 28.2 Å². The van der Waals surface area contributed by atoms with Crippen molar-refractivity contribution in [1.29, 1.82) is 0 Å². The number of aryl methyl sites for hydroxylation is 2. The van der Waals surface area contributed by atoms with E-state index in [9.17, 15) is 14.9 Å². The molecule has 0 amide bonds. The van der Waals surface area contributed by atoms with Gasteiger partial charge in [-0.05, 0) is 32.6 Å². The molecule has 0 radical (unpaired) electrons. The Kier molecular flexibility index (Phi) is 7.96. The fraction of sp³-hybridized carbons (Fsp3) is 0.619. The Labute approximate surface area is 186 Å². The Balaban J connectivity index is 1.78. The van der Waals surface area contributed by atoms with Crippen LogP contribution in [0.2, 0.25) is 0 Å². The van der Waals surface area contributed by atoms with Crippen molar-refractivity contribution in [3.63, 3.8) is 0 Å². The zero-order valence-corrected chi connectivity index (χ0v) is 18.8. The molecule has 0 unspecified atom stereocenters. The highest BCUT2D eigenvalue weighted by Crippen LogP contribution is 2.37. The van der Waals surface area contributed by atoms with Gasteiger partial charge in [-0.2, -0.15) is 10.1 Å². The highest BCUT2D eigenvalue weighted by molar-refractivity contribution is 5.73. The number of nitrogens with zero attached hydrogens (tertiary/aromatic N) is 6. The minimum Gasteiger partial charge on any atom is -0.466 e. The minimum absolute atomic E-state index is 0.129. The number of hydrogen-bond acceptors (Lipinski definition) is 9. The van der Waals surface area contributed by atoms with Gasteiger partial charge in [-0.3, -0.25) is 14.9 Å². The summed E-state index contributed by atoms with van der Waals surface area (Å²) >= 11 is 0. The number of rotatable bonds is 10. The lowest BCUT2D eigenvalue weighted by Crippen LogP contribution is -2.37. The third-order valence-electron chi connectivity index (χ3n) is 5.49. The Hall–Kier alpha value is -3.24. The number of piperidine rings is 1. The first-order valence-electron chi connectivity index (χ1n) is 11.1. The van der Waals surface area contributed by atoms with Crippen LogP contribution in [0, 0.1) is 16.0 Å². The Morgan fingerprint density at radius 2 is 2.00 bits per heavy atom. The molecule has 2 aromatic heterocycles. The minimum atomic E-state index is -0.527. The highest BCUT2D eigenvalue weighted by atomic mass is 16.6. The molecule has 0 N–H and O–H groups in total. The van der Waals surface area contributed by atoms with Crippen molar-refractivity contribution in [2.24, 2.45) is 13.0 Å². The van der Waals surface area contributed by atoms with E-state index in [0.29, 0.717) is 38.4 Å². The van der Waals surface area contributed by atoms with Crippen molar-refractivity contribution in [3.8, 4) is 11.8 Å². The molecule has 1 saturated heterocycles. The van der Waals surface area contributed by atoms with E-state index in [1.54, 1.807) is 29.6 Å². The van der Waals surface area contributed by atoms with Crippen LogP contribution in [0.3, 0.4) is 0 Å². The van der Waals surface area contributed by atoms with E-state index in [1.165, 1.54) is 6.33 Å². The first-order chi connectivity index (χ1) is 15.4. The second kappa shape index (κ2) is 10.9. The van der Waals surface area contributed by atoms with E-state index in [-0.39, 0.29) is 29.3 Å². The lowest BCUT2D eigenvalue weighted by atomic mass is 9.97.